The van der Waals surface area contributed by atoms with Gasteiger partial charge >= 0.3 is 0 Å². The van der Waals surface area contributed by atoms with Crippen LogP contribution in [0, 0.1) is 0 Å². The van der Waals surface area contributed by atoms with Crippen molar-refractivity contribution in [3.05, 3.63) is 69.3 Å². The minimum Gasteiger partial charge on any atom is -0.544 e. The van der Waals surface area contributed by atoms with E-state index in [0.29, 0.717) is 30.2 Å². The minimum atomic E-state index is -1.95. The molecule has 0 radical (unpaired) electrons. The Kier molecular flexibility index (Phi) is 7.81. The Hall–Kier alpha value is -1.68. The molecule has 1 aromatic carbocycles. The molecular weight excluding hydrogens is 350 g/mol. The topological polar surface area (TPSA) is 58.0 Å². The summed E-state index contributed by atoms with van der Waals surface area (Å²) in [4.78, 5) is 2.80. The van der Waals surface area contributed by atoms with Gasteiger partial charge in [0.05, 0.1) is 5.76 Å². The largest absolute Gasteiger partial charge is 0.544 e. The maximum Gasteiger partial charge on any atom is 0.250 e. The molecule has 4 nitrogen and oxygen atoms in total. The van der Waals surface area contributed by atoms with Crippen LogP contribution in [0.5, 0.6) is 0 Å². The lowest BCUT2D eigenvalue weighted by Gasteiger charge is -2.37. The van der Waals surface area contributed by atoms with Crippen molar-refractivity contribution in [1.29, 1.82) is 0 Å². The molecule has 25 heavy (non-hydrogen) atoms. The first-order chi connectivity index (χ1) is 11.6. The summed E-state index contributed by atoms with van der Waals surface area (Å²) in [7, 11) is -1.95. The van der Waals surface area contributed by atoms with Gasteiger partial charge < -0.3 is 4.43 Å². The molecule has 1 aromatic rings. The monoisotopic (exact) mass is 377 g/mol. The van der Waals surface area contributed by atoms with E-state index < -0.39 is 8.32 Å². The molecule has 0 aliphatic rings. The maximum atomic E-state index is 8.43. The van der Waals surface area contributed by atoms with Gasteiger partial charge in [-0.1, -0.05) is 62.3 Å². The standard InChI is InChI=1S/C19H28ClN3OSi/c1-15(24-25(5,6)19(2,3)4)17(8-7-13-22-23-21)14-16-9-11-18(20)12-10-16/h8-12H,1,7,13-14H2,2-6H3/b17-8+. The summed E-state index contributed by atoms with van der Waals surface area (Å²) in [6, 6.07) is 7.77. The van der Waals surface area contributed by atoms with Gasteiger partial charge in [-0.3, -0.25) is 0 Å². The van der Waals surface area contributed by atoms with Crippen molar-refractivity contribution in [3.63, 3.8) is 0 Å². The fraction of sp³-hybridized carbons (Fsp3) is 0.474. The van der Waals surface area contributed by atoms with Crippen LogP contribution in [0.1, 0.15) is 32.8 Å². The molecule has 0 atom stereocenters. The highest BCUT2D eigenvalue weighted by molar-refractivity contribution is 6.74. The van der Waals surface area contributed by atoms with E-state index in [1.54, 1.807) is 0 Å². The Balaban J connectivity index is 2.98. The Labute approximate surface area is 157 Å². The third-order valence-corrected chi connectivity index (χ3v) is 9.15. The summed E-state index contributed by atoms with van der Waals surface area (Å²) < 4.78 is 6.36. The van der Waals surface area contributed by atoms with Gasteiger partial charge in [0.25, 0.3) is 0 Å². The summed E-state index contributed by atoms with van der Waals surface area (Å²) in [6.07, 6.45) is 3.42. The van der Waals surface area contributed by atoms with Crippen LogP contribution in [0.4, 0.5) is 0 Å². The first-order valence-electron chi connectivity index (χ1n) is 8.39. The number of azide groups is 1. The van der Waals surface area contributed by atoms with E-state index in [4.69, 9.17) is 21.6 Å². The van der Waals surface area contributed by atoms with Crippen LogP contribution >= 0.6 is 11.6 Å². The van der Waals surface area contributed by atoms with E-state index in [-0.39, 0.29) is 5.04 Å². The van der Waals surface area contributed by atoms with Crippen molar-refractivity contribution in [1.82, 2.24) is 0 Å². The predicted molar refractivity (Wildman–Crippen MR) is 109 cm³/mol. The number of halogens is 1. The first-order valence-corrected chi connectivity index (χ1v) is 11.7. The Morgan fingerprint density at radius 2 is 1.92 bits per heavy atom. The van der Waals surface area contributed by atoms with Gasteiger partial charge in [-0.05, 0) is 53.4 Å². The summed E-state index contributed by atoms with van der Waals surface area (Å²) in [5, 5.41) is 4.41. The van der Waals surface area contributed by atoms with Gasteiger partial charge in [0.15, 0.2) is 0 Å². The molecule has 136 valence electrons. The molecule has 0 aliphatic carbocycles. The molecule has 0 heterocycles. The van der Waals surface area contributed by atoms with Crippen molar-refractivity contribution < 1.29 is 4.43 Å². The molecular formula is C19H28ClN3OSi. The molecule has 0 aromatic heterocycles. The average Bonchev–Trinajstić information content (AvgIpc) is 2.50. The molecule has 0 fully saturated rings. The molecule has 0 bridgehead atoms. The van der Waals surface area contributed by atoms with Crippen LogP contribution in [0.2, 0.25) is 23.2 Å². The van der Waals surface area contributed by atoms with Gasteiger partial charge in [0, 0.05) is 22.9 Å². The van der Waals surface area contributed by atoms with Crippen molar-refractivity contribution in [3.8, 4) is 0 Å². The van der Waals surface area contributed by atoms with Crippen molar-refractivity contribution >= 4 is 19.9 Å². The second-order valence-electron chi connectivity index (χ2n) is 7.56. The SMILES string of the molecule is C=C(O[Si](C)(C)C(C)(C)C)/C(=C/CCN=[N+]=[N-])Cc1ccc(Cl)cc1. The lowest BCUT2D eigenvalue weighted by molar-refractivity contribution is 0.393. The van der Waals surface area contributed by atoms with Gasteiger partial charge in [-0.2, -0.15) is 0 Å². The Morgan fingerprint density at radius 1 is 1.32 bits per heavy atom. The van der Waals surface area contributed by atoms with Gasteiger partial charge in [-0.15, -0.1) is 0 Å². The van der Waals surface area contributed by atoms with Crippen LogP contribution in [-0.2, 0) is 10.8 Å². The second-order valence-corrected chi connectivity index (χ2v) is 12.7. The Morgan fingerprint density at radius 3 is 2.44 bits per heavy atom. The van der Waals surface area contributed by atoms with Gasteiger partial charge in [-0.25, -0.2) is 0 Å². The van der Waals surface area contributed by atoms with E-state index in [2.05, 4.69) is 56.5 Å². The number of rotatable bonds is 8. The highest BCUT2D eigenvalue weighted by atomic mass is 35.5. The highest BCUT2D eigenvalue weighted by Gasteiger charge is 2.39. The summed E-state index contributed by atoms with van der Waals surface area (Å²) in [5.74, 6) is 0.711. The molecule has 0 N–H and O–H groups in total. The number of nitrogens with zero attached hydrogens (tertiary/aromatic N) is 3. The van der Waals surface area contributed by atoms with Gasteiger partial charge in [0.1, 0.15) is 0 Å². The molecule has 1 rings (SSSR count). The normalized spacial score (nSPS) is 12.5. The minimum absolute atomic E-state index is 0.104. The number of allylic oxidation sites excluding steroid dienone is 1. The number of hydrogen-bond donors (Lipinski definition) is 0. The fourth-order valence-electron chi connectivity index (χ4n) is 1.97. The lowest BCUT2D eigenvalue weighted by atomic mass is 10.0. The molecule has 0 aliphatic heterocycles. The lowest BCUT2D eigenvalue weighted by Crippen LogP contribution is -2.40. The molecule has 0 saturated carbocycles. The van der Waals surface area contributed by atoms with Crippen LogP contribution in [0.3, 0.4) is 0 Å². The summed E-state index contributed by atoms with van der Waals surface area (Å²) in [6.45, 7) is 15.6. The smallest absolute Gasteiger partial charge is 0.250 e. The zero-order valence-corrected chi connectivity index (χ0v) is 17.6. The summed E-state index contributed by atoms with van der Waals surface area (Å²) >= 11 is 5.97. The van der Waals surface area contributed by atoms with Crippen LogP contribution in [0.15, 0.2) is 53.4 Å². The fourth-order valence-corrected chi connectivity index (χ4v) is 3.15. The van der Waals surface area contributed by atoms with E-state index in [9.17, 15) is 0 Å². The van der Waals surface area contributed by atoms with E-state index in [1.807, 2.05) is 24.3 Å². The number of hydrogen-bond acceptors (Lipinski definition) is 2. The third-order valence-electron chi connectivity index (χ3n) is 4.53. The van der Waals surface area contributed by atoms with Crippen LogP contribution in [0.25, 0.3) is 10.4 Å². The number of benzene rings is 1. The summed E-state index contributed by atoms with van der Waals surface area (Å²) in [5.41, 5.74) is 10.6. The predicted octanol–water partition coefficient (Wildman–Crippen LogP) is 7.04. The first kappa shape index (κ1) is 21.4. The molecule has 6 heteroatoms. The zero-order chi connectivity index (χ0) is 19.1. The van der Waals surface area contributed by atoms with Gasteiger partial charge in [0.2, 0.25) is 8.32 Å². The van der Waals surface area contributed by atoms with Crippen molar-refractivity contribution in [2.75, 3.05) is 6.54 Å². The highest BCUT2D eigenvalue weighted by Crippen LogP contribution is 2.38. The molecule has 0 saturated heterocycles. The van der Waals surface area contributed by atoms with Crippen molar-refractivity contribution in [2.45, 2.75) is 51.7 Å². The van der Waals surface area contributed by atoms with E-state index in [1.165, 1.54) is 0 Å². The molecule has 0 amide bonds. The molecule has 0 spiro atoms. The third kappa shape index (κ3) is 6.98. The van der Waals surface area contributed by atoms with Crippen LogP contribution < -0.4 is 0 Å². The van der Waals surface area contributed by atoms with Crippen LogP contribution in [-0.4, -0.2) is 14.9 Å². The maximum absolute atomic E-state index is 8.43. The average molecular weight is 378 g/mol. The van der Waals surface area contributed by atoms with Crippen molar-refractivity contribution in [2.24, 2.45) is 5.11 Å². The van der Waals surface area contributed by atoms with E-state index in [0.717, 1.165) is 11.1 Å². The zero-order valence-electron chi connectivity index (χ0n) is 15.8. The molecule has 0 unspecified atom stereocenters. The Bertz CT molecular complexity index is 669. The quantitative estimate of drug-likeness (QED) is 0.0910. The second kappa shape index (κ2) is 9.14. The van der Waals surface area contributed by atoms with E-state index >= 15 is 0 Å².